The molecule has 0 bridgehead atoms. The molecule has 0 radical (unpaired) electrons. The Morgan fingerprint density at radius 2 is 1.87 bits per heavy atom. The molecular weight excluding hydrogens is 496 g/mol. The third kappa shape index (κ3) is 5.93. The van der Waals surface area contributed by atoms with Gasteiger partial charge in [-0.2, -0.15) is 0 Å². The zero-order chi connectivity index (χ0) is 26.3. The summed E-state index contributed by atoms with van der Waals surface area (Å²) in [6, 6.07) is 23.7. The van der Waals surface area contributed by atoms with Crippen molar-refractivity contribution in [2.24, 2.45) is 0 Å². The average Bonchev–Trinajstić information content (AvgIpc) is 3.43. The van der Waals surface area contributed by atoms with E-state index in [1.54, 1.807) is 6.20 Å². The van der Waals surface area contributed by atoms with Gasteiger partial charge in [-0.15, -0.1) is 11.3 Å². The van der Waals surface area contributed by atoms with Gasteiger partial charge in [0.2, 0.25) is 11.8 Å². The number of nitrogens with zero attached hydrogens (tertiary/aromatic N) is 2. The van der Waals surface area contributed by atoms with Crippen LogP contribution in [0.4, 0.5) is 0 Å². The fourth-order valence-corrected chi connectivity index (χ4v) is 5.53. The molecule has 8 heteroatoms. The second kappa shape index (κ2) is 12.0. The number of rotatable bonds is 8. The van der Waals surface area contributed by atoms with Crippen LogP contribution >= 0.6 is 11.3 Å². The predicted molar refractivity (Wildman–Crippen MR) is 149 cm³/mol. The van der Waals surface area contributed by atoms with Crippen LogP contribution in [-0.4, -0.2) is 47.4 Å². The van der Waals surface area contributed by atoms with E-state index in [9.17, 15) is 9.59 Å². The van der Waals surface area contributed by atoms with Gasteiger partial charge in [-0.3, -0.25) is 9.59 Å². The van der Waals surface area contributed by atoms with E-state index < -0.39 is 0 Å². The molecule has 1 unspecified atom stereocenters. The van der Waals surface area contributed by atoms with Crippen molar-refractivity contribution >= 4 is 23.2 Å². The molecule has 3 heterocycles. The van der Waals surface area contributed by atoms with E-state index in [1.165, 1.54) is 23.8 Å². The van der Waals surface area contributed by atoms with Gasteiger partial charge < -0.3 is 20.3 Å². The number of carbonyl (C=O) groups is 2. The zero-order valence-corrected chi connectivity index (χ0v) is 22.0. The lowest BCUT2D eigenvalue weighted by Gasteiger charge is -2.36. The van der Waals surface area contributed by atoms with Crippen LogP contribution in [-0.2, 0) is 17.8 Å². The van der Waals surface area contributed by atoms with Gasteiger partial charge in [-0.1, -0.05) is 54.6 Å². The molecule has 1 saturated heterocycles. The summed E-state index contributed by atoms with van der Waals surface area (Å²) in [6.07, 6.45) is 2.46. The Morgan fingerprint density at radius 3 is 2.71 bits per heavy atom. The Labute approximate surface area is 226 Å². The lowest BCUT2D eigenvalue weighted by Crippen LogP contribution is -2.54. The fraction of sp³-hybridized carbons (Fsp3) is 0.233. The first kappa shape index (κ1) is 25.6. The van der Waals surface area contributed by atoms with Crippen LogP contribution in [0.25, 0.3) is 11.1 Å². The average molecular weight is 527 g/mol. The van der Waals surface area contributed by atoms with Gasteiger partial charge >= 0.3 is 0 Å². The maximum Gasteiger partial charge on any atom is 0.264 e. The summed E-state index contributed by atoms with van der Waals surface area (Å²) in [7, 11) is 0. The summed E-state index contributed by atoms with van der Waals surface area (Å²) in [5, 5.41) is 8.20. The summed E-state index contributed by atoms with van der Waals surface area (Å²) in [5.41, 5.74) is 3.65. The van der Waals surface area contributed by atoms with Crippen molar-refractivity contribution in [3.05, 3.63) is 100 Å². The van der Waals surface area contributed by atoms with E-state index in [2.05, 4.69) is 27.8 Å². The highest BCUT2D eigenvalue weighted by Crippen LogP contribution is 2.38. The molecular formula is C30H30N4O3S. The number of hydrogen-bond acceptors (Lipinski definition) is 6. The van der Waals surface area contributed by atoms with E-state index in [1.807, 2.05) is 70.9 Å². The van der Waals surface area contributed by atoms with Crippen molar-refractivity contribution in [2.45, 2.75) is 25.9 Å². The molecule has 7 nitrogen and oxygen atoms in total. The lowest BCUT2D eigenvalue weighted by atomic mass is 10.0. The minimum atomic E-state index is -0.125. The van der Waals surface area contributed by atoms with Gasteiger partial charge in [0, 0.05) is 62.0 Å². The first-order valence-corrected chi connectivity index (χ1v) is 13.6. The number of piperazine rings is 1. The third-order valence-corrected chi connectivity index (χ3v) is 7.45. The molecule has 194 valence electrons. The molecule has 1 aliphatic heterocycles. The van der Waals surface area contributed by atoms with Gasteiger partial charge in [0.1, 0.15) is 5.75 Å². The molecule has 0 aliphatic carbocycles. The van der Waals surface area contributed by atoms with Gasteiger partial charge in [-0.05, 0) is 35.6 Å². The van der Waals surface area contributed by atoms with Gasteiger partial charge in [0.25, 0.3) is 5.91 Å². The Balaban J connectivity index is 1.42. The van der Waals surface area contributed by atoms with Gasteiger partial charge in [0.15, 0.2) is 0 Å². The van der Waals surface area contributed by atoms with Crippen molar-refractivity contribution in [3.63, 3.8) is 0 Å². The number of aromatic nitrogens is 1. The summed E-state index contributed by atoms with van der Waals surface area (Å²) >= 11 is 1.45. The van der Waals surface area contributed by atoms with Crippen LogP contribution in [0.5, 0.6) is 11.6 Å². The highest BCUT2D eigenvalue weighted by atomic mass is 32.1. The van der Waals surface area contributed by atoms with Gasteiger partial charge in [-0.25, -0.2) is 4.98 Å². The number of para-hydroxylation sites is 1. The Morgan fingerprint density at radius 1 is 1.05 bits per heavy atom. The Kier molecular flexibility index (Phi) is 8.11. The quantitative estimate of drug-likeness (QED) is 0.341. The van der Waals surface area contributed by atoms with E-state index in [-0.39, 0.29) is 17.9 Å². The molecule has 0 spiro atoms. The number of carbonyl (C=O) groups excluding carboxylic acids is 2. The third-order valence-electron chi connectivity index (χ3n) is 6.55. The standard InChI is InChI=1S/C30H30N4O3S/c1-21(35)33-19-23-10-7-14-32-29(23)37-27-12-6-5-11-25(27)26-13-17-38-28(26)30(36)34-16-15-31-20-24(34)18-22-8-3-2-4-9-22/h2-14,17,24,31H,15-16,18-20H2,1H3,(H,33,35). The van der Waals surface area contributed by atoms with E-state index in [0.717, 1.165) is 36.2 Å². The molecule has 1 aliphatic rings. The number of hydrogen-bond donors (Lipinski definition) is 2. The van der Waals surface area contributed by atoms with Crippen LogP contribution < -0.4 is 15.4 Å². The largest absolute Gasteiger partial charge is 0.438 e. The van der Waals surface area contributed by atoms with Crippen LogP contribution in [0.1, 0.15) is 27.7 Å². The van der Waals surface area contributed by atoms with Crippen molar-refractivity contribution < 1.29 is 14.3 Å². The topological polar surface area (TPSA) is 83.6 Å². The number of ether oxygens (including phenoxy) is 1. The Hall–Kier alpha value is -4.01. The molecule has 1 atom stereocenters. The number of nitrogens with one attached hydrogen (secondary N) is 2. The smallest absolute Gasteiger partial charge is 0.264 e. The molecule has 1 fully saturated rings. The SMILES string of the molecule is CC(=O)NCc1cccnc1Oc1ccccc1-c1ccsc1C(=O)N1CCNCC1Cc1ccccc1. The number of benzene rings is 2. The van der Waals surface area contributed by atoms with E-state index >= 15 is 0 Å². The predicted octanol–water partition coefficient (Wildman–Crippen LogP) is 4.90. The molecule has 4 aromatic rings. The maximum absolute atomic E-state index is 13.9. The van der Waals surface area contributed by atoms with Crippen molar-refractivity contribution in [3.8, 4) is 22.8 Å². The zero-order valence-electron chi connectivity index (χ0n) is 21.2. The molecule has 2 amide bonds. The molecule has 2 aromatic heterocycles. The molecule has 2 aromatic carbocycles. The van der Waals surface area contributed by atoms with Crippen molar-refractivity contribution in [1.29, 1.82) is 0 Å². The summed E-state index contributed by atoms with van der Waals surface area (Å²) in [6.45, 7) is 3.98. The second-order valence-electron chi connectivity index (χ2n) is 9.19. The van der Waals surface area contributed by atoms with Gasteiger partial charge in [0.05, 0.1) is 4.88 Å². The van der Waals surface area contributed by atoms with Crippen LogP contribution in [0.2, 0.25) is 0 Å². The number of thiophene rings is 1. The molecule has 38 heavy (non-hydrogen) atoms. The van der Waals surface area contributed by atoms with Crippen LogP contribution in [0, 0.1) is 0 Å². The second-order valence-corrected chi connectivity index (χ2v) is 10.1. The first-order valence-electron chi connectivity index (χ1n) is 12.7. The Bertz CT molecular complexity index is 1410. The molecule has 0 saturated carbocycles. The van der Waals surface area contributed by atoms with Crippen molar-refractivity contribution in [2.75, 3.05) is 19.6 Å². The maximum atomic E-state index is 13.9. The highest BCUT2D eigenvalue weighted by molar-refractivity contribution is 7.12. The summed E-state index contributed by atoms with van der Waals surface area (Å²) in [5.74, 6) is 0.933. The highest BCUT2D eigenvalue weighted by Gasteiger charge is 2.30. The molecule has 5 rings (SSSR count). The summed E-state index contributed by atoms with van der Waals surface area (Å²) < 4.78 is 6.28. The minimum absolute atomic E-state index is 0.0383. The summed E-state index contributed by atoms with van der Waals surface area (Å²) in [4.78, 5) is 32.5. The van der Waals surface area contributed by atoms with Crippen LogP contribution in [0.3, 0.4) is 0 Å². The van der Waals surface area contributed by atoms with E-state index in [0.29, 0.717) is 29.6 Å². The van der Waals surface area contributed by atoms with E-state index in [4.69, 9.17) is 4.74 Å². The fourth-order valence-electron chi connectivity index (χ4n) is 4.67. The first-order chi connectivity index (χ1) is 18.6. The van der Waals surface area contributed by atoms with Crippen LogP contribution in [0.15, 0.2) is 84.4 Å². The molecule has 2 N–H and O–H groups in total. The monoisotopic (exact) mass is 526 g/mol. The number of pyridine rings is 1. The number of amides is 2. The van der Waals surface area contributed by atoms with Crippen molar-refractivity contribution in [1.82, 2.24) is 20.5 Å². The normalized spacial score (nSPS) is 15.2. The minimum Gasteiger partial charge on any atom is -0.438 e. The lowest BCUT2D eigenvalue weighted by molar-refractivity contribution is -0.119.